The van der Waals surface area contributed by atoms with E-state index in [0.29, 0.717) is 13.2 Å². The lowest BCUT2D eigenvalue weighted by atomic mass is 10.5. The Morgan fingerprint density at radius 3 is 2.12 bits per heavy atom. The van der Waals surface area contributed by atoms with Crippen molar-refractivity contribution >= 4 is 11.9 Å². The van der Waals surface area contributed by atoms with E-state index in [1.54, 1.807) is 0 Å². The zero-order valence-corrected chi connectivity index (χ0v) is 9.59. The average Bonchev–Trinajstić information content (AvgIpc) is 3.17. The number of ether oxygens (including phenoxy) is 3. The van der Waals surface area contributed by atoms with Crippen LogP contribution in [0.15, 0.2) is 38.0 Å². The molecule has 0 saturated carbocycles. The number of epoxide rings is 1. The van der Waals surface area contributed by atoms with E-state index >= 15 is 0 Å². The third kappa shape index (κ3) is 10.4. The highest BCUT2D eigenvalue weighted by atomic mass is 16.6. The zero-order chi connectivity index (χ0) is 13.1. The minimum atomic E-state index is -0.412. The number of esters is 2. The lowest BCUT2D eigenvalue weighted by Crippen LogP contribution is -2.06. The highest BCUT2D eigenvalue weighted by molar-refractivity contribution is 5.81. The van der Waals surface area contributed by atoms with E-state index in [9.17, 15) is 9.59 Å². The fourth-order valence-corrected chi connectivity index (χ4v) is 0.598. The Morgan fingerprint density at radius 2 is 1.71 bits per heavy atom. The molecule has 0 aromatic rings. The summed E-state index contributed by atoms with van der Waals surface area (Å²) in [5, 5.41) is 0. The molecule has 0 amide bonds. The Hall–Kier alpha value is -1.88. The van der Waals surface area contributed by atoms with Crippen molar-refractivity contribution in [2.45, 2.75) is 6.10 Å². The lowest BCUT2D eigenvalue weighted by Gasteiger charge is -1.94. The van der Waals surface area contributed by atoms with Gasteiger partial charge in [-0.3, -0.25) is 0 Å². The second-order valence-corrected chi connectivity index (χ2v) is 2.91. The van der Waals surface area contributed by atoms with Crippen molar-refractivity contribution in [1.29, 1.82) is 0 Å². The van der Waals surface area contributed by atoms with Crippen LogP contribution in [0.1, 0.15) is 0 Å². The first-order valence-electron chi connectivity index (χ1n) is 4.95. The molecular weight excluding hydrogens is 224 g/mol. The molecule has 1 aliphatic rings. The number of hydrogen-bond acceptors (Lipinski definition) is 5. The molecule has 1 aliphatic heterocycles. The molecule has 17 heavy (non-hydrogen) atoms. The standard InChI is InChI=1S/C6H8O3.C6H8O2/c1-2-6(7)9-4-5-3-8-5;1-3-5-8-6(7)4-2/h2,5H,1,3-4H2;3-4H,1-2,5H2. The first kappa shape index (κ1) is 15.1. The van der Waals surface area contributed by atoms with Gasteiger partial charge in [-0.1, -0.05) is 25.8 Å². The van der Waals surface area contributed by atoms with Crippen LogP contribution >= 0.6 is 0 Å². The summed E-state index contributed by atoms with van der Waals surface area (Å²) in [7, 11) is 0. The van der Waals surface area contributed by atoms with E-state index in [1.165, 1.54) is 6.08 Å². The second kappa shape index (κ2) is 9.35. The van der Waals surface area contributed by atoms with Crippen molar-refractivity contribution in [1.82, 2.24) is 0 Å². The van der Waals surface area contributed by atoms with Gasteiger partial charge in [-0.05, 0) is 0 Å². The zero-order valence-electron chi connectivity index (χ0n) is 9.59. The maximum atomic E-state index is 10.3. The van der Waals surface area contributed by atoms with Gasteiger partial charge in [0, 0.05) is 12.2 Å². The Balaban J connectivity index is 0.000000304. The van der Waals surface area contributed by atoms with E-state index in [4.69, 9.17) is 4.74 Å². The van der Waals surface area contributed by atoms with Gasteiger partial charge >= 0.3 is 11.9 Å². The molecule has 94 valence electrons. The molecule has 5 heteroatoms. The Labute approximate surface area is 100 Å². The fraction of sp³-hybridized carbons (Fsp3) is 0.333. The minimum absolute atomic E-state index is 0.147. The molecule has 1 heterocycles. The normalized spacial score (nSPS) is 15.6. The Bertz CT molecular complexity index is 291. The molecule has 0 aliphatic carbocycles. The molecule has 0 N–H and O–H groups in total. The fourth-order valence-electron chi connectivity index (χ4n) is 0.598. The molecule has 0 radical (unpaired) electrons. The van der Waals surface area contributed by atoms with Crippen LogP contribution < -0.4 is 0 Å². The number of hydrogen-bond donors (Lipinski definition) is 0. The summed E-state index contributed by atoms with van der Waals surface area (Å²) < 4.78 is 13.9. The molecule has 0 bridgehead atoms. The topological polar surface area (TPSA) is 65.1 Å². The van der Waals surface area contributed by atoms with Crippen molar-refractivity contribution < 1.29 is 23.8 Å². The summed E-state index contributed by atoms with van der Waals surface area (Å²) in [4.78, 5) is 20.5. The number of carbonyl (C=O) groups is 2. The third-order valence-electron chi connectivity index (χ3n) is 1.49. The summed E-state index contributed by atoms with van der Waals surface area (Å²) in [6.45, 7) is 11.1. The molecule has 1 rings (SSSR count). The van der Waals surface area contributed by atoms with E-state index in [-0.39, 0.29) is 18.7 Å². The lowest BCUT2D eigenvalue weighted by molar-refractivity contribution is -0.138. The third-order valence-corrected chi connectivity index (χ3v) is 1.49. The van der Waals surface area contributed by atoms with Crippen molar-refractivity contribution in [2.24, 2.45) is 0 Å². The Morgan fingerprint density at radius 1 is 1.18 bits per heavy atom. The first-order valence-corrected chi connectivity index (χ1v) is 4.95. The average molecular weight is 240 g/mol. The second-order valence-electron chi connectivity index (χ2n) is 2.91. The monoisotopic (exact) mass is 240 g/mol. The minimum Gasteiger partial charge on any atom is -0.460 e. The molecule has 5 nitrogen and oxygen atoms in total. The van der Waals surface area contributed by atoms with E-state index in [1.807, 2.05) is 0 Å². The van der Waals surface area contributed by atoms with Gasteiger partial charge in [0.05, 0.1) is 6.61 Å². The van der Waals surface area contributed by atoms with Crippen LogP contribution in [0, 0.1) is 0 Å². The number of carbonyl (C=O) groups excluding carboxylic acids is 2. The SMILES string of the molecule is C=CC(=O)OCC1CO1.C=CCOC(=O)C=C. The number of rotatable bonds is 6. The van der Waals surface area contributed by atoms with E-state index in [2.05, 4.69) is 29.2 Å². The molecule has 1 fully saturated rings. The predicted octanol–water partition coefficient (Wildman–Crippen LogP) is 1.02. The van der Waals surface area contributed by atoms with Crippen LogP contribution in [0.4, 0.5) is 0 Å². The molecule has 1 atom stereocenters. The summed E-state index contributed by atoms with van der Waals surface area (Å²) in [6.07, 6.45) is 3.90. The van der Waals surface area contributed by atoms with Gasteiger partial charge in [-0.15, -0.1) is 0 Å². The summed E-state index contributed by atoms with van der Waals surface area (Å²) in [5.41, 5.74) is 0. The molecule has 0 aromatic carbocycles. The van der Waals surface area contributed by atoms with E-state index in [0.717, 1.165) is 12.2 Å². The van der Waals surface area contributed by atoms with Gasteiger partial charge in [-0.25, -0.2) is 9.59 Å². The molecule has 0 aromatic heterocycles. The highest BCUT2D eigenvalue weighted by Crippen LogP contribution is 2.08. The van der Waals surface area contributed by atoms with Gasteiger partial charge in [0.25, 0.3) is 0 Å². The molecule has 0 spiro atoms. The largest absolute Gasteiger partial charge is 0.460 e. The van der Waals surface area contributed by atoms with Crippen LogP contribution in [0.5, 0.6) is 0 Å². The quantitative estimate of drug-likeness (QED) is 0.300. The maximum Gasteiger partial charge on any atom is 0.330 e. The predicted molar refractivity (Wildman–Crippen MR) is 62.2 cm³/mol. The van der Waals surface area contributed by atoms with Crippen molar-refractivity contribution in [3.05, 3.63) is 38.0 Å². The maximum absolute atomic E-state index is 10.3. The van der Waals surface area contributed by atoms with E-state index < -0.39 is 5.97 Å². The highest BCUT2D eigenvalue weighted by Gasteiger charge is 2.23. The molecular formula is C12H16O5. The smallest absolute Gasteiger partial charge is 0.330 e. The van der Waals surface area contributed by atoms with Gasteiger partial charge in [0.15, 0.2) is 0 Å². The summed E-state index contributed by atoms with van der Waals surface area (Å²) in [6, 6.07) is 0. The Kier molecular flexibility index (Phi) is 8.32. The van der Waals surface area contributed by atoms with Crippen molar-refractivity contribution in [2.75, 3.05) is 19.8 Å². The van der Waals surface area contributed by atoms with Crippen LogP contribution in [0.25, 0.3) is 0 Å². The summed E-state index contributed by atoms with van der Waals surface area (Å²) in [5.74, 6) is -0.796. The van der Waals surface area contributed by atoms with Crippen LogP contribution in [0.2, 0.25) is 0 Å². The van der Waals surface area contributed by atoms with Gasteiger partial charge in [-0.2, -0.15) is 0 Å². The van der Waals surface area contributed by atoms with Gasteiger partial charge in [0.1, 0.15) is 19.3 Å². The van der Waals surface area contributed by atoms with Crippen molar-refractivity contribution in [3.8, 4) is 0 Å². The van der Waals surface area contributed by atoms with Crippen LogP contribution in [-0.2, 0) is 23.8 Å². The molecule has 1 unspecified atom stereocenters. The van der Waals surface area contributed by atoms with Gasteiger partial charge in [0.2, 0.25) is 0 Å². The molecule has 1 saturated heterocycles. The van der Waals surface area contributed by atoms with Crippen LogP contribution in [0.3, 0.4) is 0 Å². The summed E-state index contributed by atoms with van der Waals surface area (Å²) >= 11 is 0. The van der Waals surface area contributed by atoms with Crippen LogP contribution in [-0.4, -0.2) is 37.9 Å². The first-order chi connectivity index (χ1) is 8.13. The van der Waals surface area contributed by atoms with Crippen molar-refractivity contribution in [3.63, 3.8) is 0 Å². The van der Waals surface area contributed by atoms with Gasteiger partial charge < -0.3 is 14.2 Å².